The van der Waals surface area contributed by atoms with Gasteiger partial charge in [-0.15, -0.1) is 5.10 Å². The van der Waals surface area contributed by atoms with Gasteiger partial charge in [-0.1, -0.05) is 6.92 Å². The van der Waals surface area contributed by atoms with Crippen LogP contribution in [0.1, 0.15) is 26.7 Å². The van der Waals surface area contributed by atoms with Crippen LogP contribution in [0.25, 0.3) is 0 Å². The molecule has 5 nitrogen and oxygen atoms in total. The molecule has 1 fully saturated rings. The normalized spacial score (nSPS) is 21.5. The van der Waals surface area contributed by atoms with E-state index in [1.54, 1.807) is 0 Å². The van der Waals surface area contributed by atoms with Crippen LogP contribution in [0.4, 0.5) is 5.95 Å². The van der Waals surface area contributed by atoms with Crippen molar-refractivity contribution >= 4 is 18.2 Å². The molecule has 1 atom stereocenters. The molecule has 0 aromatic carbocycles. The summed E-state index contributed by atoms with van der Waals surface area (Å²) in [7, 11) is 0. The Morgan fingerprint density at radius 3 is 3.18 bits per heavy atom. The molecule has 96 valence electrons. The van der Waals surface area contributed by atoms with E-state index in [1.807, 2.05) is 0 Å². The third kappa shape index (κ3) is 2.87. The fourth-order valence-electron chi connectivity index (χ4n) is 2.15. The van der Waals surface area contributed by atoms with Gasteiger partial charge >= 0.3 is 0 Å². The molecule has 1 unspecified atom stereocenters. The number of rotatable bonds is 3. The molecule has 1 aromatic rings. The average molecular weight is 256 g/mol. The van der Waals surface area contributed by atoms with E-state index < -0.39 is 0 Å². The number of H-pyrrole nitrogens is 1. The molecule has 1 saturated heterocycles. The zero-order chi connectivity index (χ0) is 12.3. The Morgan fingerprint density at radius 1 is 1.59 bits per heavy atom. The van der Waals surface area contributed by atoms with E-state index in [-0.39, 0.29) is 6.10 Å². The Morgan fingerprint density at radius 2 is 2.41 bits per heavy atom. The van der Waals surface area contributed by atoms with E-state index in [0.717, 1.165) is 45.0 Å². The van der Waals surface area contributed by atoms with Crippen LogP contribution in [0.2, 0.25) is 0 Å². The van der Waals surface area contributed by atoms with Gasteiger partial charge in [-0.2, -0.15) is 0 Å². The molecule has 1 aliphatic rings. The lowest BCUT2D eigenvalue weighted by atomic mass is 10.3. The molecule has 2 rings (SSSR count). The first-order valence-corrected chi connectivity index (χ1v) is 6.65. The molecule has 0 radical (unpaired) electrons. The summed E-state index contributed by atoms with van der Waals surface area (Å²) in [5.74, 6) is 0.953. The van der Waals surface area contributed by atoms with Crippen LogP contribution >= 0.6 is 12.2 Å². The minimum Gasteiger partial charge on any atom is -0.377 e. The van der Waals surface area contributed by atoms with Crippen molar-refractivity contribution in [3.63, 3.8) is 0 Å². The number of ether oxygens (including phenoxy) is 1. The molecule has 0 amide bonds. The summed E-state index contributed by atoms with van der Waals surface area (Å²) in [6, 6.07) is 0. The van der Waals surface area contributed by atoms with Gasteiger partial charge < -0.3 is 9.64 Å². The second-order valence-corrected chi connectivity index (χ2v) is 4.85. The number of hydrogen-bond donors (Lipinski definition) is 1. The molecule has 1 aliphatic heterocycles. The van der Waals surface area contributed by atoms with E-state index in [4.69, 9.17) is 17.0 Å². The maximum atomic E-state index is 5.65. The zero-order valence-corrected chi connectivity index (χ0v) is 11.3. The second kappa shape index (κ2) is 5.64. The lowest BCUT2D eigenvalue weighted by Gasteiger charge is -2.23. The van der Waals surface area contributed by atoms with Crippen LogP contribution in [0.3, 0.4) is 0 Å². The van der Waals surface area contributed by atoms with Crippen LogP contribution in [0.15, 0.2) is 0 Å². The van der Waals surface area contributed by atoms with E-state index in [2.05, 4.69) is 33.5 Å². The maximum Gasteiger partial charge on any atom is 0.225 e. The third-order valence-corrected chi connectivity index (χ3v) is 3.23. The third-order valence-electron chi connectivity index (χ3n) is 2.92. The number of nitrogens with zero attached hydrogens (tertiary/aromatic N) is 3. The standard InChI is InChI=1S/C11H20N4OS/c1-3-5-15-10(12-13-11(15)17)14-6-4-7-16-9(2)8-14/h9H,3-8H2,1-2H3,(H,13,17). The summed E-state index contributed by atoms with van der Waals surface area (Å²) in [6.45, 7) is 7.85. The predicted octanol–water partition coefficient (Wildman–Crippen LogP) is 1.97. The second-order valence-electron chi connectivity index (χ2n) is 4.46. The van der Waals surface area contributed by atoms with Crippen molar-refractivity contribution in [2.75, 3.05) is 24.6 Å². The highest BCUT2D eigenvalue weighted by Crippen LogP contribution is 2.16. The average Bonchev–Trinajstić information content (AvgIpc) is 2.53. The van der Waals surface area contributed by atoms with E-state index >= 15 is 0 Å². The fraction of sp³-hybridized carbons (Fsp3) is 0.818. The molecule has 0 aliphatic carbocycles. The van der Waals surface area contributed by atoms with Crippen molar-refractivity contribution in [2.24, 2.45) is 0 Å². The van der Waals surface area contributed by atoms with Crippen LogP contribution in [0, 0.1) is 4.77 Å². The molecule has 2 heterocycles. The SMILES string of the molecule is CCCn1c(N2CCCOC(C)C2)n[nH]c1=S. The Bertz CT molecular complexity index is 414. The summed E-state index contributed by atoms with van der Waals surface area (Å²) >= 11 is 5.26. The Balaban J connectivity index is 2.22. The van der Waals surface area contributed by atoms with Crippen LogP contribution in [-0.2, 0) is 11.3 Å². The van der Waals surface area contributed by atoms with Gasteiger partial charge in [-0.05, 0) is 32.0 Å². The van der Waals surface area contributed by atoms with Gasteiger partial charge in [0.25, 0.3) is 0 Å². The predicted molar refractivity (Wildman–Crippen MR) is 69.9 cm³/mol. The van der Waals surface area contributed by atoms with E-state index in [0.29, 0.717) is 4.77 Å². The van der Waals surface area contributed by atoms with Crippen molar-refractivity contribution in [3.05, 3.63) is 4.77 Å². The summed E-state index contributed by atoms with van der Waals surface area (Å²) in [6.07, 6.45) is 2.34. The Hall–Kier alpha value is -0.880. The number of aromatic nitrogens is 3. The molecule has 6 heteroatoms. The zero-order valence-electron chi connectivity index (χ0n) is 10.5. The lowest BCUT2D eigenvalue weighted by Crippen LogP contribution is -2.32. The highest BCUT2D eigenvalue weighted by molar-refractivity contribution is 7.71. The van der Waals surface area contributed by atoms with Crippen LogP contribution < -0.4 is 4.90 Å². The number of nitrogens with one attached hydrogen (secondary N) is 1. The summed E-state index contributed by atoms with van der Waals surface area (Å²) in [5.41, 5.74) is 0. The first-order chi connectivity index (χ1) is 8.22. The Labute approximate surface area is 107 Å². The van der Waals surface area contributed by atoms with Crippen molar-refractivity contribution in [3.8, 4) is 0 Å². The van der Waals surface area contributed by atoms with E-state index in [1.165, 1.54) is 0 Å². The van der Waals surface area contributed by atoms with E-state index in [9.17, 15) is 0 Å². The molecular formula is C11H20N4OS. The van der Waals surface area contributed by atoms with Gasteiger partial charge in [0.2, 0.25) is 5.95 Å². The maximum absolute atomic E-state index is 5.65. The Kier molecular flexibility index (Phi) is 4.17. The summed E-state index contributed by atoms with van der Waals surface area (Å²) in [4.78, 5) is 2.26. The van der Waals surface area contributed by atoms with Crippen molar-refractivity contribution in [1.82, 2.24) is 14.8 Å². The smallest absolute Gasteiger partial charge is 0.225 e. The summed E-state index contributed by atoms with van der Waals surface area (Å²) in [5, 5.41) is 7.24. The topological polar surface area (TPSA) is 46.1 Å². The fourth-order valence-corrected chi connectivity index (χ4v) is 2.37. The number of hydrogen-bond acceptors (Lipinski definition) is 4. The van der Waals surface area contributed by atoms with Crippen LogP contribution in [0.5, 0.6) is 0 Å². The molecule has 0 saturated carbocycles. The molecule has 0 spiro atoms. The highest BCUT2D eigenvalue weighted by atomic mass is 32.1. The first-order valence-electron chi connectivity index (χ1n) is 6.24. The van der Waals surface area contributed by atoms with Gasteiger partial charge in [0.05, 0.1) is 6.10 Å². The number of aromatic amines is 1. The monoisotopic (exact) mass is 256 g/mol. The quantitative estimate of drug-likeness (QED) is 0.840. The van der Waals surface area contributed by atoms with Gasteiger partial charge in [-0.3, -0.25) is 4.57 Å². The largest absolute Gasteiger partial charge is 0.377 e. The van der Waals surface area contributed by atoms with Crippen molar-refractivity contribution in [2.45, 2.75) is 39.3 Å². The van der Waals surface area contributed by atoms with Gasteiger partial charge in [-0.25, -0.2) is 5.10 Å². The molecule has 17 heavy (non-hydrogen) atoms. The van der Waals surface area contributed by atoms with Crippen molar-refractivity contribution < 1.29 is 4.74 Å². The van der Waals surface area contributed by atoms with Gasteiger partial charge in [0, 0.05) is 26.2 Å². The molecule has 1 N–H and O–H groups in total. The first kappa shape index (κ1) is 12.6. The number of anilines is 1. The molecule has 0 bridgehead atoms. The molecule has 1 aromatic heterocycles. The summed E-state index contributed by atoms with van der Waals surface area (Å²) < 4.78 is 8.43. The lowest BCUT2D eigenvalue weighted by molar-refractivity contribution is 0.0819. The van der Waals surface area contributed by atoms with Crippen LogP contribution in [-0.4, -0.2) is 40.6 Å². The highest BCUT2D eigenvalue weighted by Gasteiger charge is 2.19. The molecular weight excluding hydrogens is 236 g/mol. The van der Waals surface area contributed by atoms with Gasteiger partial charge in [0.1, 0.15) is 0 Å². The van der Waals surface area contributed by atoms with Crippen molar-refractivity contribution in [1.29, 1.82) is 0 Å². The minimum absolute atomic E-state index is 0.248. The van der Waals surface area contributed by atoms with Gasteiger partial charge in [0.15, 0.2) is 4.77 Å². The minimum atomic E-state index is 0.248.